The molecule has 0 saturated heterocycles. The van der Waals surface area contributed by atoms with E-state index in [-0.39, 0.29) is 12.1 Å². The molecule has 1 saturated carbocycles. The second-order valence-electron chi connectivity index (χ2n) is 7.68. The molecule has 1 aliphatic carbocycles. The first-order valence-electron chi connectivity index (χ1n) is 10.1. The number of amides is 2. The van der Waals surface area contributed by atoms with Gasteiger partial charge in [0.25, 0.3) is 5.91 Å². The molecule has 10 heteroatoms. The van der Waals surface area contributed by atoms with Gasteiger partial charge in [0, 0.05) is 6.42 Å². The van der Waals surface area contributed by atoms with Crippen LogP contribution in [0, 0.1) is 28.5 Å². The summed E-state index contributed by atoms with van der Waals surface area (Å²) in [6.07, 6.45) is 2.36. The van der Waals surface area contributed by atoms with Gasteiger partial charge >= 0.3 is 0 Å². The molecule has 2 amide bonds. The number of carbonyl (C=O) groups excluding carboxylic acids is 2. The van der Waals surface area contributed by atoms with Crippen molar-refractivity contribution in [1.29, 1.82) is 10.5 Å². The molecular weight excluding hydrogens is 425 g/mol. The zero-order valence-corrected chi connectivity index (χ0v) is 17.3. The predicted molar refractivity (Wildman–Crippen MR) is 113 cm³/mol. The van der Waals surface area contributed by atoms with E-state index in [1.165, 1.54) is 35.3 Å². The number of rotatable bonds is 7. The van der Waals surface area contributed by atoms with Gasteiger partial charge in [-0.25, -0.2) is 4.39 Å². The summed E-state index contributed by atoms with van der Waals surface area (Å²) < 4.78 is 13.1. The van der Waals surface area contributed by atoms with Crippen molar-refractivity contribution in [2.24, 2.45) is 0 Å². The second kappa shape index (κ2) is 8.89. The zero-order valence-electron chi connectivity index (χ0n) is 17.3. The molecule has 1 fully saturated rings. The summed E-state index contributed by atoms with van der Waals surface area (Å²) in [4.78, 5) is 27.0. The first-order chi connectivity index (χ1) is 15.9. The van der Waals surface area contributed by atoms with Crippen molar-refractivity contribution >= 4 is 11.8 Å². The average molecular weight is 443 g/mol. The summed E-state index contributed by atoms with van der Waals surface area (Å²) in [5.74, 6) is -1.60. The number of nitrogens with one attached hydrogen (secondary N) is 2. The van der Waals surface area contributed by atoms with Gasteiger partial charge in [-0.1, -0.05) is 18.2 Å². The average Bonchev–Trinajstić information content (AvgIpc) is 3.42. The third-order valence-electron chi connectivity index (χ3n) is 5.29. The zero-order chi connectivity index (χ0) is 23.4. The Bertz CT molecular complexity index is 1280. The van der Waals surface area contributed by atoms with E-state index in [0.717, 1.165) is 0 Å². The maximum Gasteiger partial charge on any atom is 0.274 e. The number of aromatic nitrogens is 3. The lowest BCUT2D eigenvalue weighted by molar-refractivity contribution is -0.123. The van der Waals surface area contributed by atoms with E-state index >= 15 is 0 Å². The molecule has 0 radical (unpaired) electrons. The summed E-state index contributed by atoms with van der Waals surface area (Å²) in [7, 11) is 0. The first kappa shape index (κ1) is 21.7. The minimum absolute atomic E-state index is 0.0490. The molecule has 1 heterocycles. The van der Waals surface area contributed by atoms with Crippen LogP contribution in [0.4, 0.5) is 4.39 Å². The number of nitrogens with zero attached hydrogens (tertiary/aromatic N) is 5. The minimum atomic E-state index is -1.05. The van der Waals surface area contributed by atoms with Gasteiger partial charge in [0.05, 0.1) is 29.6 Å². The van der Waals surface area contributed by atoms with Gasteiger partial charge in [-0.3, -0.25) is 9.59 Å². The maximum absolute atomic E-state index is 13.1. The Morgan fingerprint density at radius 1 is 1.15 bits per heavy atom. The van der Waals surface area contributed by atoms with Crippen molar-refractivity contribution < 1.29 is 14.0 Å². The van der Waals surface area contributed by atoms with Gasteiger partial charge in [0.2, 0.25) is 5.91 Å². The van der Waals surface area contributed by atoms with Gasteiger partial charge in [0.15, 0.2) is 5.69 Å². The number of hydrogen-bond donors (Lipinski definition) is 2. The van der Waals surface area contributed by atoms with E-state index in [4.69, 9.17) is 0 Å². The molecule has 0 spiro atoms. The van der Waals surface area contributed by atoms with E-state index < -0.39 is 29.2 Å². The fraction of sp³-hybridized carbons (Fsp3) is 0.217. The lowest BCUT2D eigenvalue weighted by atomic mass is 10.00. The Hall–Kier alpha value is -4.57. The summed E-state index contributed by atoms with van der Waals surface area (Å²) in [5, 5.41) is 32.1. The smallest absolute Gasteiger partial charge is 0.274 e. The topological polar surface area (TPSA) is 136 Å². The van der Waals surface area contributed by atoms with E-state index in [2.05, 4.69) is 33.0 Å². The van der Waals surface area contributed by atoms with E-state index in [9.17, 15) is 24.5 Å². The highest BCUT2D eigenvalue weighted by atomic mass is 19.1. The molecule has 1 aromatic heterocycles. The van der Waals surface area contributed by atoms with Crippen molar-refractivity contribution in [3.8, 4) is 17.8 Å². The quantitative estimate of drug-likeness (QED) is 0.571. The van der Waals surface area contributed by atoms with Gasteiger partial charge in [0.1, 0.15) is 17.4 Å². The van der Waals surface area contributed by atoms with E-state index in [0.29, 0.717) is 29.7 Å². The number of halogens is 1. The monoisotopic (exact) mass is 443 g/mol. The Morgan fingerprint density at radius 3 is 2.55 bits per heavy atom. The largest absolute Gasteiger partial charge is 0.338 e. The highest BCUT2D eigenvalue weighted by Gasteiger charge is 2.45. The van der Waals surface area contributed by atoms with Crippen molar-refractivity contribution in [2.45, 2.75) is 30.8 Å². The highest BCUT2D eigenvalue weighted by Crippen LogP contribution is 2.34. The first-order valence-corrected chi connectivity index (χ1v) is 10.1. The van der Waals surface area contributed by atoms with Gasteiger partial charge in [-0.2, -0.15) is 20.4 Å². The molecule has 9 nitrogen and oxygen atoms in total. The van der Waals surface area contributed by atoms with Crippen LogP contribution in [-0.2, 0) is 11.2 Å². The fourth-order valence-corrected chi connectivity index (χ4v) is 3.25. The summed E-state index contributed by atoms with van der Waals surface area (Å²) in [5.41, 5.74) is 0.454. The van der Waals surface area contributed by atoms with E-state index in [1.807, 2.05) is 0 Å². The molecule has 0 bridgehead atoms. The molecule has 33 heavy (non-hydrogen) atoms. The molecular formula is C23H18FN7O2. The van der Waals surface area contributed by atoms with Crippen LogP contribution in [0.3, 0.4) is 0 Å². The van der Waals surface area contributed by atoms with Gasteiger partial charge in [-0.15, -0.1) is 5.10 Å². The fourth-order valence-electron chi connectivity index (χ4n) is 3.25. The molecule has 1 atom stereocenters. The molecule has 1 aliphatic rings. The maximum atomic E-state index is 13.1. The standard InChI is InChI=1S/C23H18FN7O2/c24-17-5-7-18(8-6-17)31-27-13-20(30-31)21(32)28-19(22(33)29-23(14-26)9-10-23)11-15-3-1-2-4-16(15)12-25/h1-8,13,19H,9-11H2,(H,28,32)(H,29,33)/t19-/m0/s1. The van der Waals surface area contributed by atoms with Crippen LogP contribution in [-0.4, -0.2) is 38.4 Å². The highest BCUT2D eigenvalue weighted by molar-refractivity contribution is 5.96. The number of carbonyl (C=O) groups is 2. The van der Waals surface area contributed by atoms with Crippen LogP contribution in [0.2, 0.25) is 0 Å². The third-order valence-corrected chi connectivity index (χ3v) is 5.29. The SMILES string of the molecule is N#Cc1ccccc1C[C@H](NC(=O)c1cnn(-c2ccc(F)cc2)n1)C(=O)NC1(C#N)CC1. The molecule has 164 valence electrons. The lowest BCUT2D eigenvalue weighted by Crippen LogP contribution is -2.51. The molecule has 4 rings (SSSR count). The van der Waals surface area contributed by atoms with Crippen molar-refractivity contribution in [1.82, 2.24) is 25.6 Å². The van der Waals surface area contributed by atoms with Crippen molar-refractivity contribution in [3.05, 3.63) is 77.4 Å². The van der Waals surface area contributed by atoms with Crippen LogP contribution >= 0.6 is 0 Å². The molecule has 2 N–H and O–H groups in total. The minimum Gasteiger partial charge on any atom is -0.338 e. The lowest BCUT2D eigenvalue weighted by Gasteiger charge is -2.20. The van der Waals surface area contributed by atoms with Crippen LogP contribution in [0.15, 0.2) is 54.7 Å². The molecule has 2 aromatic carbocycles. The second-order valence-corrected chi connectivity index (χ2v) is 7.68. The van der Waals surface area contributed by atoms with Crippen LogP contribution in [0.1, 0.15) is 34.5 Å². The Morgan fingerprint density at radius 2 is 1.88 bits per heavy atom. The molecule has 0 aliphatic heterocycles. The van der Waals surface area contributed by atoms with Crippen LogP contribution < -0.4 is 10.6 Å². The van der Waals surface area contributed by atoms with Crippen LogP contribution in [0.5, 0.6) is 0 Å². The third kappa shape index (κ3) is 4.86. The Kier molecular flexibility index (Phi) is 5.83. The summed E-state index contributed by atoms with van der Waals surface area (Å²) >= 11 is 0. The van der Waals surface area contributed by atoms with Gasteiger partial charge in [-0.05, 0) is 48.7 Å². The van der Waals surface area contributed by atoms with Crippen LogP contribution in [0.25, 0.3) is 5.69 Å². The molecule has 3 aromatic rings. The summed E-state index contributed by atoms with van der Waals surface area (Å²) in [6, 6.07) is 15.3. The molecule has 0 unspecified atom stereocenters. The predicted octanol–water partition coefficient (Wildman–Crippen LogP) is 1.79. The summed E-state index contributed by atoms with van der Waals surface area (Å²) in [6.45, 7) is 0. The Labute approximate surface area is 188 Å². The number of hydrogen-bond acceptors (Lipinski definition) is 6. The van der Waals surface area contributed by atoms with Gasteiger partial charge < -0.3 is 10.6 Å². The number of nitriles is 2. The van der Waals surface area contributed by atoms with E-state index in [1.54, 1.807) is 24.3 Å². The van der Waals surface area contributed by atoms with Crippen molar-refractivity contribution in [2.75, 3.05) is 0 Å². The van der Waals surface area contributed by atoms with Crippen molar-refractivity contribution in [3.63, 3.8) is 0 Å². The Balaban J connectivity index is 1.55. The number of benzene rings is 2. The normalized spacial score (nSPS) is 14.4.